The van der Waals surface area contributed by atoms with Gasteiger partial charge in [0.05, 0.1) is 6.54 Å². The molecule has 4 rings (SSSR count). The molecule has 3 aromatic rings. The summed E-state index contributed by atoms with van der Waals surface area (Å²) in [4.78, 5) is 14.5. The molecule has 156 valence electrons. The summed E-state index contributed by atoms with van der Waals surface area (Å²) in [5, 5.41) is 1.15. The van der Waals surface area contributed by atoms with E-state index in [1.54, 1.807) is 0 Å². The third-order valence-corrected chi connectivity index (χ3v) is 6.36. The Hall–Kier alpha value is -2.86. The van der Waals surface area contributed by atoms with Crippen molar-refractivity contribution in [1.82, 2.24) is 9.47 Å². The lowest BCUT2D eigenvalue weighted by Crippen LogP contribution is -2.41. The second kappa shape index (κ2) is 8.88. The van der Waals surface area contributed by atoms with Gasteiger partial charge < -0.3 is 19.9 Å². The molecule has 1 aromatic heterocycles. The quantitative estimate of drug-likeness (QED) is 0.613. The molecule has 0 radical (unpaired) electrons. The summed E-state index contributed by atoms with van der Waals surface area (Å²) >= 11 is 5.86. The molecule has 0 spiro atoms. The summed E-state index contributed by atoms with van der Waals surface area (Å²) in [5.74, 6) is 0.678. The van der Waals surface area contributed by atoms with Crippen LogP contribution in [0.3, 0.4) is 0 Å². The van der Waals surface area contributed by atoms with Gasteiger partial charge >= 0.3 is 0 Å². The van der Waals surface area contributed by atoms with Crippen LogP contribution in [0.25, 0.3) is 10.9 Å². The minimum Gasteiger partial charge on any atom is -0.491 e. The number of likely N-dealkylation sites (tertiary alicyclic amines) is 1. The number of benzene rings is 2. The molecule has 6 heteroatoms. The number of rotatable bonds is 6. The summed E-state index contributed by atoms with van der Waals surface area (Å²) < 4.78 is 8.22. The number of carbonyl (C=O) groups is 1. The van der Waals surface area contributed by atoms with Crippen molar-refractivity contribution in [1.29, 1.82) is 0 Å². The van der Waals surface area contributed by atoms with E-state index < -0.39 is 0 Å². The molecule has 1 fully saturated rings. The van der Waals surface area contributed by atoms with Crippen LogP contribution in [0.2, 0.25) is 0 Å². The highest BCUT2D eigenvalue weighted by atomic mass is 32.1. The molecule has 1 aliphatic heterocycles. The zero-order valence-corrected chi connectivity index (χ0v) is 18.0. The minimum atomic E-state index is -0.203. The Kier molecular flexibility index (Phi) is 6.04. The molecule has 2 N–H and O–H groups in total. The Labute approximate surface area is 182 Å². The van der Waals surface area contributed by atoms with E-state index in [9.17, 15) is 4.79 Å². The predicted octanol–water partition coefficient (Wildman–Crippen LogP) is 3.90. The molecule has 0 atom stereocenters. The van der Waals surface area contributed by atoms with Crippen molar-refractivity contribution in [2.75, 3.05) is 19.7 Å². The van der Waals surface area contributed by atoms with Crippen molar-refractivity contribution in [3.8, 4) is 5.75 Å². The van der Waals surface area contributed by atoms with E-state index >= 15 is 0 Å². The van der Waals surface area contributed by atoms with Gasteiger partial charge in [-0.15, -0.1) is 0 Å². The molecule has 0 aliphatic carbocycles. The third-order valence-electron chi connectivity index (χ3n) is 5.89. The second-order valence-electron chi connectivity index (χ2n) is 7.84. The van der Waals surface area contributed by atoms with Crippen LogP contribution in [-0.4, -0.2) is 40.1 Å². The first-order chi connectivity index (χ1) is 14.5. The summed E-state index contributed by atoms with van der Waals surface area (Å²) in [6.07, 6.45) is 3.66. The van der Waals surface area contributed by atoms with Gasteiger partial charge in [0.15, 0.2) is 0 Å². The first kappa shape index (κ1) is 20.4. The summed E-state index contributed by atoms with van der Waals surface area (Å²) in [7, 11) is 0. The highest BCUT2D eigenvalue weighted by molar-refractivity contribution is 7.80. The number of nitrogens with zero attached hydrogens (tertiary/aromatic N) is 2. The number of hydrogen-bond acceptors (Lipinski definition) is 3. The fourth-order valence-corrected chi connectivity index (χ4v) is 4.46. The van der Waals surface area contributed by atoms with E-state index in [1.807, 2.05) is 30.3 Å². The molecular weight excluding hydrogens is 394 g/mol. The number of hydrogen-bond donors (Lipinski definition) is 1. The maximum Gasteiger partial charge on any atom is 0.220 e. The van der Waals surface area contributed by atoms with Crippen molar-refractivity contribution in [3.63, 3.8) is 0 Å². The molecule has 2 heterocycles. The Morgan fingerprint density at radius 3 is 2.57 bits per heavy atom. The number of carbonyl (C=O) groups excluding carboxylic acids is 1. The molecule has 30 heavy (non-hydrogen) atoms. The highest BCUT2D eigenvalue weighted by Gasteiger charge is 2.26. The first-order valence-electron chi connectivity index (χ1n) is 10.4. The average Bonchev–Trinajstić information content (AvgIpc) is 3.13. The first-order valence-corrected chi connectivity index (χ1v) is 10.8. The lowest BCUT2D eigenvalue weighted by Gasteiger charge is -2.32. The summed E-state index contributed by atoms with van der Waals surface area (Å²) in [5.41, 5.74) is 8.82. The number of para-hydroxylation sites is 2. The number of thiocarbonyl (C=S) groups is 1. The molecule has 0 bridgehead atoms. The molecular formula is C24H27N3O2S. The van der Waals surface area contributed by atoms with Crippen LogP contribution in [0.1, 0.15) is 24.0 Å². The maximum atomic E-state index is 11.5. The smallest absolute Gasteiger partial charge is 0.220 e. The number of nitrogens with two attached hydrogens (primary N) is 1. The molecule has 1 amide bonds. The second-order valence-corrected chi connectivity index (χ2v) is 8.22. The van der Waals surface area contributed by atoms with Crippen molar-refractivity contribution in [2.45, 2.75) is 26.3 Å². The Morgan fingerprint density at radius 1 is 1.13 bits per heavy atom. The Bertz CT molecular complexity index is 1070. The van der Waals surface area contributed by atoms with Crippen molar-refractivity contribution >= 4 is 34.0 Å². The monoisotopic (exact) mass is 421 g/mol. The standard InChI is InChI=1S/C24H27N3O2S/c1-17-6-2-5-9-22(17)29-15-14-27-16-20(19-7-3-4-8-21(19)27)24(30)26-12-10-18(11-13-26)23(25)28/h2-9,16,18H,10-15H2,1H3,(H2,25,28). The highest BCUT2D eigenvalue weighted by Crippen LogP contribution is 2.26. The Morgan fingerprint density at radius 2 is 1.83 bits per heavy atom. The van der Waals surface area contributed by atoms with Crippen molar-refractivity contribution in [2.24, 2.45) is 11.7 Å². The van der Waals surface area contributed by atoms with E-state index in [0.717, 1.165) is 65.2 Å². The van der Waals surface area contributed by atoms with E-state index in [0.29, 0.717) is 6.61 Å². The number of primary amides is 1. The van der Waals surface area contributed by atoms with Gasteiger partial charge in [-0.1, -0.05) is 48.6 Å². The summed E-state index contributed by atoms with van der Waals surface area (Å²) in [6, 6.07) is 16.4. The summed E-state index contributed by atoms with van der Waals surface area (Å²) in [6.45, 7) is 4.91. The fourth-order valence-electron chi connectivity index (χ4n) is 4.11. The molecule has 5 nitrogen and oxygen atoms in total. The number of fused-ring (bicyclic) bond motifs is 1. The van der Waals surface area contributed by atoms with Gasteiger partial charge in [-0.2, -0.15) is 0 Å². The van der Waals surface area contributed by atoms with E-state index in [2.05, 4.69) is 40.8 Å². The number of ether oxygens (including phenoxy) is 1. The van der Waals surface area contributed by atoms with Crippen LogP contribution in [0.5, 0.6) is 5.75 Å². The molecule has 2 aromatic carbocycles. The minimum absolute atomic E-state index is 0.0380. The molecule has 0 unspecified atom stereocenters. The third kappa shape index (κ3) is 4.19. The topological polar surface area (TPSA) is 60.5 Å². The predicted molar refractivity (Wildman–Crippen MR) is 124 cm³/mol. The van der Waals surface area contributed by atoms with Crippen LogP contribution in [0.4, 0.5) is 0 Å². The zero-order valence-electron chi connectivity index (χ0n) is 17.2. The van der Waals surface area contributed by atoms with Crippen LogP contribution in [-0.2, 0) is 11.3 Å². The lowest BCUT2D eigenvalue weighted by molar-refractivity contribution is -0.122. The van der Waals surface area contributed by atoms with E-state index in [-0.39, 0.29) is 11.8 Å². The van der Waals surface area contributed by atoms with E-state index in [4.69, 9.17) is 22.7 Å². The number of piperidine rings is 1. The van der Waals surface area contributed by atoms with Gasteiger partial charge in [-0.3, -0.25) is 4.79 Å². The molecule has 1 aliphatic rings. The SMILES string of the molecule is Cc1ccccc1OCCn1cc(C(=S)N2CCC(C(N)=O)CC2)c2ccccc21. The lowest BCUT2D eigenvalue weighted by atomic mass is 9.96. The molecule has 0 saturated carbocycles. The fraction of sp³-hybridized carbons (Fsp3) is 0.333. The van der Waals surface area contributed by atoms with Gasteiger partial charge in [-0.25, -0.2) is 0 Å². The average molecular weight is 422 g/mol. The largest absolute Gasteiger partial charge is 0.491 e. The maximum absolute atomic E-state index is 11.5. The van der Waals surface area contributed by atoms with Crippen molar-refractivity contribution < 1.29 is 9.53 Å². The zero-order chi connectivity index (χ0) is 21.1. The number of aromatic nitrogens is 1. The normalized spacial score (nSPS) is 14.8. The van der Waals surface area contributed by atoms with E-state index in [1.165, 1.54) is 0 Å². The van der Waals surface area contributed by atoms with Crippen molar-refractivity contribution in [3.05, 3.63) is 65.9 Å². The van der Waals surface area contributed by atoms with Gasteiger partial charge in [-0.05, 0) is 37.5 Å². The molecule has 1 saturated heterocycles. The number of aryl methyl sites for hydroxylation is 1. The Balaban J connectivity index is 1.50. The van der Waals surface area contributed by atoms with Crippen LogP contribution < -0.4 is 10.5 Å². The van der Waals surface area contributed by atoms with Crippen LogP contribution in [0.15, 0.2) is 54.7 Å². The van der Waals surface area contributed by atoms with Crippen LogP contribution >= 0.6 is 12.2 Å². The van der Waals surface area contributed by atoms with Gasteiger partial charge in [0.25, 0.3) is 0 Å². The van der Waals surface area contributed by atoms with Gasteiger partial charge in [0, 0.05) is 41.7 Å². The van der Waals surface area contributed by atoms with Gasteiger partial charge in [0.2, 0.25) is 5.91 Å². The van der Waals surface area contributed by atoms with Gasteiger partial charge in [0.1, 0.15) is 17.3 Å². The number of amides is 1. The van der Waals surface area contributed by atoms with Crippen LogP contribution in [0, 0.1) is 12.8 Å².